The number of halogens is 1. The fourth-order valence-corrected chi connectivity index (χ4v) is 2.80. The van der Waals surface area contributed by atoms with Crippen molar-refractivity contribution >= 4 is 27.3 Å². The number of thiazole rings is 1. The minimum atomic E-state index is 0.0777. The van der Waals surface area contributed by atoms with E-state index in [9.17, 15) is 0 Å². The minimum Gasteiger partial charge on any atom is -0.241 e. The van der Waals surface area contributed by atoms with Crippen molar-refractivity contribution in [2.75, 3.05) is 0 Å². The summed E-state index contributed by atoms with van der Waals surface area (Å²) in [5.41, 5.74) is 2.11. The second kappa shape index (κ2) is 6.12. The number of nitrogens with zero attached hydrogens (tertiary/aromatic N) is 2. The highest BCUT2D eigenvalue weighted by atomic mass is 79.9. The maximum absolute atomic E-state index is 8.96. The molecule has 1 aromatic carbocycles. The first kappa shape index (κ1) is 13.3. The summed E-state index contributed by atoms with van der Waals surface area (Å²) in [7, 11) is 0. The first-order valence-corrected chi connectivity index (χ1v) is 7.50. The van der Waals surface area contributed by atoms with Crippen LogP contribution in [0.4, 0.5) is 0 Å². The van der Waals surface area contributed by atoms with Crippen LogP contribution in [0.5, 0.6) is 0 Å². The van der Waals surface area contributed by atoms with Crippen LogP contribution in [0, 0.1) is 17.2 Å². The highest BCUT2D eigenvalue weighted by Gasteiger charge is 2.10. The maximum Gasteiger partial charge on any atom is 0.0945 e. The van der Waals surface area contributed by atoms with Gasteiger partial charge in [0.25, 0.3) is 0 Å². The molecule has 2 rings (SSSR count). The van der Waals surface area contributed by atoms with E-state index in [0.29, 0.717) is 0 Å². The second-order valence-electron chi connectivity index (χ2n) is 4.07. The first-order valence-electron chi connectivity index (χ1n) is 5.83. The van der Waals surface area contributed by atoms with Crippen LogP contribution < -0.4 is 0 Å². The SMILES string of the molecule is CCC(C#N)Cc1nc(-c2ccc(Br)cc2)cs1. The van der Waals surface area contributed by atoms with Crippen LogP contribution in [0.2, 0.25) is 0 Å². The van der Waals surface area contributed by atoms with Gasteiger partial charge in [0.2, 0.25) is 0 Å². The van der Waals surface area contributed by atoms with Gasteiger partial charge in [0.1, 0.15) is 0 Å². The third-order valence-electron chi connectivity index (χ3n) is 2.79. The average molecular weight is 321 g/mol. The van der Waals surface area contributed by atoms with E-state index in [1.165, 1.54) is 0 Å². The van der Waals surface area contributed by atoms with Crippen molar-refractivity contribution < 1.29 is 0 Å². The van der Waals surface area contributed by atoms with Gasteiger partial charge in [-0.25, -0.2) is 4.98 Å². The number of nitriles is 1. The molecule has 0 amide bonds. The number of benzene rings is 1. The van der Waals surface area contributed by atoms with Gasteiger partial charge in [-0.1, -0.05) is 35.0 Å². The Bertz CT molecular complexity index is 554. The predicted octanol–water partition coefficient (Wildman–Crippen LogP) is 4.66. The van der Waals surface area contributed by atoms with Crippen LogP contribution in [-0.2, 0) is 6.42 Å². The Hall–Kier alpha value is -1.18. The summed E-state index contributed by atoms with van der Waals surface area (Å²) in [4.78, 5) is 4.60. The van der Waals surface area contributed by atoms with Crippen LogP contribution in [0.15, 0.2) is 34.1 Å². The molecule has 0 aliphatic heterocycles. The van der Waals surface area contributed by atoms with Gasteiger partial charge in [0.05, 0.1) is 22.7 Å². The van der Waals surface area contributed by atoms with E-state index < -0.39 is 0 Å². The zero-order chi connectivity index (χ0) is 13.0. The monoisotopic (exact) mass is 320 g/mol. The van der Waals surface area contributed by atoms with E-state index in [4.69, 9.17) is 5.26 Å². The summed E-state index contributed by atoms with van der Waals surface area (Å²) in [6.45, 7) is 2.04. The van der Waals surface area contributed by atoms with E-state index in [1.54, 1.807) is 11.3 Å². The third kappa shape index (κ3) is 3.18. The Morgan fingerprint density at radius 3 is 2.72 bits per heavy atom. The molecule has 1 aromatic heterocycles. The molecule has 2 nitrogen and oxygen atoms in total. The summed E-state index contributed by atoms with van der Waals surface area (Å²) >= 11 is 5.05. The van der Waals surface area contributed by atoms with Crippen LogP contribution in [-0.4, -0.2) is 4.98 Å². The lowest BCUT2D eigenvalue weighted by Gasteiger charge is -2.01. The average Bonchev–Trinajstić information content (AvgIpc) is 2.85. The van der Waals surface area contributed by atoms with Crippen molar-refractivity contribution in [3.8, 4) is 17.3 Å². The van der Waals surface area contributed by atoms with Crippen molar-refractivity contribution in [1.29, 1.82) is 5.26 Å². The van der Waals surface area contributed by atoms with Crippen LogP contribution in [0.1, 0.15) is 18.4 Å². The molecular weight excluding hydrogens is 308 g/mol. The fraction of sp³-hybridized carbons (Fsp3) is 0.286. The summed E-state index contributed by atoms with van der Waals surface area (Å²) in [6, 6.07) is 10.4. The van der Waals surface area contributed by atoms with E-state index in [2.05, 4.69) is 32.4 Å². The van der Waals surface area contributed by atoms with Crippen molar-refractivity contribution in [3.63, 3.8) is 0 Å². The molecule has 0 aliphatic carbocycles. The van der Waals surface area contributed by atoms with E-state index >= 15 is 0 Å². The van der Waals surface area contributed by atoms with Crippen molar-refractivity contribution in [3.05, 3.63) is 39.1 Å². The standard InChI is InChI=1S/C14H13BrN2S/c1-2-10(8-16)7-14-17-13(9-18-14)11-3-5-12(15)6-4-11/h3-6,9-10H,2,7H2,1H3. The van der Waals surface area contributed by atoms with E-state index in [0.717, 1.165) is 33.6 Å². The molecule has 2 aromatic rings. The largest absolute Gasteiger partial charge is 0.241 e. The smallest absolute Gasteiger partial charge is 0.0945 e. The zero-order valence-electron chi connectivity index (χ0n) is 10.1. The second-order valence-corrected chi connectivity index (χ2v) is 5.93. The molecule has 92 valence electrons. The Morgan fingerprint density at radius 1 is 1.39 bits per heavy atom. The summed E-state index contributed by atoms with van der Waals surface area (Å²) < 4.78 is 1.07. The quantitative estimate of drug-likeness (QED) is 0.821. The highest BCUT2D eigenvalue weighted by Crippen LogP contribution is 2.25. The van der Waals surface area contributed by atoms with Gasteiger partial charge in [-0.05, 0) is 18.6 Å². The minimum absolute atomic E-state index is 0.0777. The Morgan fingerprint density at radius 2 is 2.11 bits per heavy atom. The lowest BCUT2D eigenvalue weighted by atomic mass is 10.1. The summed E-state index contributed by atoms with van der Waals surface area (Å²) in [5, 5.41) is 12.1. The fourth-order valence-electron chi connectivity index (χ4n) is 1.65. The Labute approximate surface area is 119 Å². The Balaban J connectivity index is 2.15. The summed E-state index contributed by atoms with van der Waals surface area (Å²) in [5.74, 6) is 0.0777. The van der Waals surface area contributed by atoms with Gasteiger partial charge < -0.3 is 0 Å². The van der Waals surface area contributed by atoms with Gasteiger partial charge >= 0.3 is 0 Å². The lowest BCUT2D eigenvalue weighted by molar-refractivity contribution is 0.636. The molecule has 0 saturated carbocycles. The maximum atomic E-state index is 8.96. The Kier molecular flexibility index (Phi) is 4.51. The first-order chi connectivity index (χ1) is 8.72. The predicted molar refractivity (Wildman–Crippen MR) is 78.3 cm³/mol. The molecule has 0 N–H and O–H groups in total. The topological polar surface area (TPSA) is 36.7 Å². The van der Waals surface area contributed by atoms with E-state index in [1.807, 2.05) is 31.2 Å². The van der Waals surface area contributed by atoms with Crippen molar-refractivity contribution in [2.24, 2.45) is 5.92 Å². The molecular formula is C14H13BrN2S. The van der Waals surface area contributed by atoms with E-state index in [-0.39, 0.29) is 5.92 Å². The molecule has 18 heavy (non-hydrogen) atoms. The molecule has 1 unspecified atom stereocenters. The van der Waals surface area contributed by atoms with Gasteiger partial charge in [0.15, 0.2) is 0 Å². The number of rotatable bonds is 4. The van der Waals surface area contributed by atoms with Gasteiger partial charge in [-0.15, -0.1) is 11.3 Å². The molecule has 4 heteroatoms. The molecule has 1 atom stereocenters. The number of aromatic nitrogens is 1. The molecule has 0 aliphatic rings. The molecule has 0 fully saturated rings. The molecule has 0 bridgehead atoms. The zero-order valence-corrected chi connectivity index (χ0v) is 12.5. The van der Waals surface area contributed by atoms with Crippen molar-refractivity contribution in [1.82, 2.24) is 4.98 Å². The van der Waals surface area contributed by atoms with Gasteiger partial charge in [-0.2, -0.15) is 5.26 Å². The normalized spacial score (nSPS) is 12.1. The molecule has 0 spiro atoms. The van der Waals surface area contributed by atoms with Crippen LogP contribution in [0.25, 0.3) is 11.3 Å². The lowest BCUT2D eigenvalue weighted by Crippen LogP contribution is -1.99. The highest BCUT2D eigenvalue weighted by molar-refractivity contribution is 9.10. The van der Waals surface area contributed by atoms with Gasteiger partial charge in [-0.3, -0.25) is 0 Å². The summed E-state index contributed by atoms with van der Waals surface area (Å²) in [6.07, 6.45) is 1.64. The van der Waals surface area contributed by atoms with Crippen LogP contribution >= 0.6 is 27.3 Å². The van der Waals surface area contributed by atoms with Gasteiger partial charge in [0, 0.05) is 21.8 Å². The molecule has 0 saturated heterocycles. The van der Waals surface area contributed by atoms with Crippen molar-refractivity contribution in [2.45, 2.75) is 19.8 Å². The molecule has 0 radical (unpaired) electrons. The third-order valence-corrected chi connectivity index (χ3v) is 4.19. The van der Waals surface area contributed by atoms with Crippen LogP contribution in [0.3, 0.4) is 0 Å². The number of hydrogen-bond acceptors (Lipinski definition) is 3. The number of hydrogen-bond donors (Lipinski definition) is 0. The molecule has 1 heterocycles.